The summed E-state index contributed by atoms with van der Waals surface area (Å²) in [5, 5.41) is 1.65. The normalized spacial score (nSPS) is 17.5. The second-order valence-corrected chi connectivity index (χ2v) is 18.0. The SMILES string of the molecule is C[Si](C)(C)OCC[Si](C)(C)C1=C(C2=Cc3ccccc3C2)CC=C1. The largest absolute Gasteiger partial charge is 0.418 e. The van der Waals surface area contributed by atoms with Gasteiger partial charge in [-0.3, -0.25) is 0 Å². The molecule has 0 heterocycles. The average molecular weight is 355 g/mol. The van der Waals surface area contributed by atoms with E-state index in [4.69, 9.17) is 4.43 Å². The van der Waals surface area contributed by atoms with Crippen molar-refractivity contribution in [2.75, 3.05) is 6.61 Å². The maximum atomic E-state index is 6.15. The molecule has 0 aromatic heterocycles. The third-order valence-corrected chi connectivity index (χ3v) is 9.53. The first-order valence-corrected chi connectivity index (χ1v) is 15.7. The van der Waals surface area contributed by atoms with E-state index in [2.05, 4.69) is 75.2 Å². The van der Waals surface area contributed by atoms with Crippen LogP contribution in [-0.4, -0.2) is 23.0 Å². The van der Waals surface area contributed by atoms with Crippen LogP contribution in [0.4, 0.5) is 0 Å². The predicted octanol–water partition coefficient (Wildman–Crippen LogP) is 5.98. The lowest BCUT2D eigenvalue weighted by molar-refractivity contribution is 0.332. The number of rotatable bonds is 6. The number of hydrogen-bond donors (Lipinski definition) is 0. The molecule has 1 aromatic carbocycles. The standard InChI is InChI=1S/C21H30OSi2/c1-23(2,3)22-13-14-24(4,5)21-12-8-11-20(21)19-15-17-9-6-7-10-18(17)16-19/h6-10,12,15H,11,13-14,16H2,1-5H3. The molecule has 0 spiro atoms. The Morgan fingerprint density at radius 3 is 2.50 bits per heavy atom. The fraction of sp³-hybridized carbons (Fsp3) is 0.429. The van der Waals surface area contributed by atoms with E-state index in [1.165, 1.54) is 17.2 Å². The number of fused-ring (bicyclic) bond motifs is 1. The molecule has 24 heavy (non-hydrogen) atoms. The number of benzene rings is 1. The first-order chi connectivity index (χ1) is 11.3. The summed E-state index contributed by atoms with van der Waals surface area (Å²) in [6.45, 7) is 12.8. The molecule has 0 saturated carbocycles. The van der Waals surface area contributed by atoms with Crippen molar-refractivity contribution in [2.24, 2.45) is 0 Å². The summed E-state index contributed by atoms with van der Waals surface area (Å²) >= 11 is 0. The lowest BCUT2D eigenvalue weighted by Crippen LogP contribution is -2.34. The third kappa shape index (κ3) is 3.90. The predicted molar refractivity (Wildman–Crippen MR) is 110 cm³/mol. The fourth-order valence-corrected chi connectivity index (χ4v) is 7.11. The minimum atomic E-state index is -1.45. The molecular formula is C21H30OSi2. The van der Waals surface area contributed by atoms with E-state index in [0.29, 0.717) is 0 Å². The zero-order valence-electron chi connectivity index (χ0n) is 15.8. The van der Waals surface area contributed by atoms with Crippen LogP contribution in [0.5, 0.6) is 0 Å². The van der Waals surface area contributed by atoms with Crippen molar-refractivity contribution in [1.82, 2.24) is 0 Å². The Bertz CT molecular complexity index is 718. The lowest BCUT2D eigenvalue weighted by Gasteiger charge is -2.27. The van der Waals surface area contributed by atoms with Crippen LogP contribution in [0.1, 0.15) is 17.5 Å². The molecule has 1 nitrogen and oxygen atoms in total. The molecule has 0 radical (unpaired) electrons. The minimum absolute atomic E-state index is 0.929. The molecule has 0 unspecified atom stereocenters. The molecular weight excluding hydrogens is 324 g/mol. The Balaban J connectivity index is 1.78. The van der Waals surface area contributed by atoms with Gasteiger partial charge in [0.05, 0.1) is 8.07 Å². The highest BCUT2D eigenvalue weighted by molar-refractivity contribution is 6.85. The van der Waals surface area contributed by atoms with Gasteiger partial charge in [0.25, 0.3) is 0 Å². The molecule has 1 aromatic rings. The van der Waals surface area contributed by atoms with Crippen molar-refractivity contribution in [3.05, 3.63) is 63.9 Å². The second-order valence-electron chi connectivity index (χ2n) is 8.64. The molecule has 3 heteroatoms. The summed E-state index contributed by atoms with van der Waals surface area (Å²) in [6, 6.07) is 10.0. The molecule has 0 saturated heterocycles. The molecule has 2 aliphatic rings. The van der Waals surface area contributed by atoms with Gasteiger partial charge in [0.1, 0.15) is 0 Å². The van der Waals surface area contributed by atoms with Crippen molar-refractivity contribution in [3.63, 3.8) is 0 Å². The van der Waals surface area contributed by atoms with Crippen molar-refractivity contribution < 1.29 is 4.43 Å². The lowest BCUT2D eigenvalue weighted by atomic mass is 10.0. The van der Waals surface area contributed by atoms with E-state index in [9.17, 15) is 0 Å². The monoisotopic (exact) mass is 354 g/mol. The quantitative estimate of drug-likeness (QED) is 0.571. The molecule has 128 valence electrons. The molecule has 2 aliphatic carbocycles. The highest BCUT2D eigenvalue weighted by Gasteiger charge is 2.31. The Labute approximate surface area is 149 Å². The fourth-order valence-electron chi connectivity index (χ4n) is 3.66. The summed E-state index contributed by atoms with van der Waals surface area (Å²) in [4.78, 5) is 0. The van der Waals surface area contributed by atoms with Crippen LogP contribution in [0.3, 0.4) is 0 Å². The second kappa shape index (κ2) is 6.62. The molecule has 0 amide bonds. The van der Waals surface area contributed by atoms with Gasteiger partial charge in [-0.25, -0.2) is 0 Å². The van der Waals surface area contributed by atoms with E-state index in [-0.39, 0.29) is 0 Å². The van der Waals surface area contributed by atoms with E-state index in [0.717, 1.165) is 19.4 Å². The van der Waals surface area contributed by atoms with Gasteiger partial charge in [-0.15, -0.1) is 0 Å². The molecule has 3 rings (SSSR count). The summed E-state index contributed by atoms with van der Waals surface area (Å²) in [5.41, 5.74) is 6.04. The van der Waals surface area contributed by atoms with Crippen LogP contribution in [0.15, 0.2) is 52.8 Å². The zero-order chi connectivity index (χ0) is 17.4. The van der Waals surface area contributed by atoms with Crippen LogP contribution in [-0.2, 0) is 10.8 Å². The Morgan fingerprint density at radius 1 is 1.04 bits per heavy atom. The van der Waals surface area contributed by atoms with Crippen molar-refractivity contribution >= 4 is 22.5 Å². The smallest absolute Gasteiger partial charge is 0.183 e. The summed E-state index contributed by atoms with van der Waals surface area (Å²) in [6.07, 6.45) is 9.41. The Hall–Kier alpha value is -1.17. The van der Waals surface area contributed by atoms with Gasteiger partial charge < -0.3 is 4.43 Å². The highest BCUT2D eigenvalue weighted by Crippen LogP contribution is 2.39. The van der Waals surface area contributed by atoms with E-state index in [1.54, 1.807) is 16.3 Å². The first kappa shape index (κ1) is 17.7. The number of allylic oxidation sites excluding steroid dienone is 5. The van der Waals surface area contributed by atoms with Crippen LogP contribution in [0, 0.1) is 0 Å². The zero-order valence-corrected chi connectivity index (χ0v) is 17.8. The topological polar surface area (TPSA) is 9.23 Å². The van der Waals surface area contributed by atoms with Gasteiger partial charge in [-0.05, 0) is 60.8 Å². The summed E-state index contributed by atoms with van der Waals surface area (Å²) in [5.74, 6) is 0. The maximum absolute atomic E-state index is 6.15. The van der Waals surface area contributed by atoms with E-state index >= 15 is 0 Å². The van der Waals surface area contributed by atoms with E-state index < -0.39 is 16.4 Å². The van der Waals surface area contributed by atoms with Crippen molar-refractivity contribution in [3.8, 4) is 0 Å². The minimum Gasteiger partial charge on any atom is -0.418 e. The van der Waals surface area contributed by atoms with Crippen LogP contribution in [0.2, 0.25) is 38.8 Å². The summed E-state index contributed by atoms with van der Waals surface area (Å²) in [7, 11) is -2.86. The number of hydrogen-bond acceptors (Lipinski definition) is 1. The van der Waals surface area contributed by atoms with Crippen LogP contribution >= 0.6 is 0 Å². The van der Waals surface area contributed by atoms with Gasteiger partial charge in [-0.2, -0.15) is 0 Å². The molecule has 0 aliphatic heterocycles. The molecule has 0 fully saturated rings. The highest BCUT2D eigenvalue weighted by atomic mass is 28.4. The third-order valence-electron chi connectivity index (χ3n) is 5.08. The first-order valence-electron chi connectivity index (χ1n) is 9.09. The van der Waals surface area contributed by atoms with Crippen molar-refractivity contribution in [1.29, 1.82) is 0 Å². The van der Waals surface area contributed by atoms with Crippen LogP contribution in [0.25, 0.3) is 6.08 Å². The van der Waals surface area contributed by atoms with E-state index in [1.807, 2.05) is 0 Å². The van der Waals surface area contributed by atoms with Gasteiger partial charge >= 0.3 is 0 Å². The average Bonchev–Trinajstić information content (AvgIpc) is 3.12. The Kier molecular flexibility index (Phi) is 4.87. The van der Waals surface area contributed by atoms with Gasteiger partial charge in [0, 0.05) is 6.61 Å². The van der Waals surface area contributed by atoms with Gasteiger partial charge in [0.15, 0.2) is 8.32 Å². The van der Waals surface area contributed by atoms with Gasteiger partial charge in [-0.1, -0.05) is 60.8 Å². The Morgan fingerprint density at radius 2 is 1.79 bits per heavy atom. The van der Waals surface area contributed by atoms with Crippen LogP contribution < -0.4 is 0 Å². The molecule has 0 N–H and O–H groups in total. The molecule has 0 bridgehead atoms. The maximum Gasteiger partial charge on any atom is 0.183 e. The van der Waals surface area contributed by atoms with Crippen molar-refractivity contribution in [2.45, 2.75) is 51.6 Å². The summed E-state index contributed by atoms with van der Waals surface area (Å²) < 4.78 is 6.15. The molecule has 0 atom stereocenters. The van der Waals surface area contributed by atoms with Gasteiger partial charge in [0.2, 0.25) is 0 Å².